The molecule has 126 valence electrons. The molecule has 1 aromatic carbocycles. The summed E-state index contributed by atoms with van der Waals surface area (Å²) in [6.45, 7) is 5.19. The first kappa shape index (κ1) is 17.3. The third-order valence-electron chi connectivity index (χ3n) is 4.04. The maximum absolute atomic E-state index is 12.2. The van der Waals surface area contributed by atoms with Crippen molar-refractivity contribution in [2.45, 2.75) is 39.0 Å². The molecule has 1 saturated heterocycles. The van der Waals surface area contributed by atoms with Gasteiger partial charge in [-0.1, -0.05) is 44.2 Å². The number of hydrogen-bond acceptors (Lipinski definition) is 4. The first-order valence-electron chi connectivity index (χ1n) is 7.99. The lowest BCUT2D eigenvalue weighted by Gasteiger charge is -2.23. The highest BCUT2D eigenvalue weighted by Crippen LogP contribution is 2.13. The number of carbonyl (C=O) groups excluding carboxylic acids is 2. The Balaban J connectivity index is 1.74. The average molecular weight is 319 g/mol. The normalized spacial score (nSPS) is 18.8. The summed E-state index contributed by atoms with van der Waals surface area (Å²) in [5.74, 6) is 0.0484. The Morgan fingerprint density at radius 3 is 2.70 bits per heavy atom. The average Bonchev–Trinajstić information content (AvgIpc) is 3.00. The maximum Gasteiger partial charge on any atom is 0.407 e. The second kappa shape index (κ2) is 7.97. The zero-order chi connectivity index (χ0) is 16.8. The van der Waals surface area contributed by atoms with Crippen LogP contribution in [0.1, 0.15) is 25.8 Å². The van der Waals surface area contributed by atoms with Crippen LogP contribution in [0.2, 0.25) is 0 Å². The number of carbonyl (C=O) groups is 2. The Morgan fingerprint density at radius 1 is 1.35 bits per heavy atom. The lowest BCUT2D eigenvalue weighted by atomic mass is 10.0. The van der Waals surface area contributed by atoms with Gasteiger partial charge in [-0.25, -0.2) is 4.79 Å². The van der Waals surface area contributed by atoms with Crippen LogP contribution in [0.3, 0.4) is 0 Å². The molecule has 1 fully saturated rings. The predicted molar refractivity (Wildman–Crippen MR) is 87.6 cm³/mol. The molecule has 0 aliphatic carbocycles. The Hall–Kier alpha value is -2.08. The fraction of sp³-hybridized carbons (Fsp3) is 0.529. The number of nitrogens with zero attached hydrogens (tertiary/aromatic N) is 1. The van der Waals surface area contributed by atoms with Crippen LogP contribution >= 0.6 is 0 Å². The van der Waals surface area contributed by atoms with Crippen LogP contribution in [-0.4, -0.2) is 42.1 Å². The Bertz CT molecular complexity index is 533. The maximum atomic E-state index is 12.2. The van der Waals surface area contributed by atoms with Gasteiger partial charge in [0.25, 0.3) is 0 Å². The van der Waals surface area contributed by atoms with E-state index in [1.165, 1.54) is 0 Å². The number of rotatable bonds is 5. The number of nitrogens with one attached hydrogen (secondary N) is 1. The molecule has 6 heteroatoms. The SMILES string of the molecule is CC(C)[C@H](N)C(=O)N1CCC(NC(=O)OCc2ccccc2)C1. The first-order valence-corrected chi connectivity index (χ1v) is 7.99. The summed E-state index contributed by atoms with van der Waals surface area (Å²) in [5.41, 5.74) is 6.83. The summed E-state index contributed by atoms with van der Waals surface area (Å²) in [5, 5.41) is 2.81. The van der Waals surface area contributed by atoms with Crippen LogP contribution in [0.25, 0.3) is 0 Å². The molecule has 1 aromatic rings. The Labute approximate surface area is 137 Å². The van der Waals surface area contributed by atoms with E-state index in [2.05, 4.69) is 5.32 Å². The summed E-state index contributed by atoms with van der Waals surface area (Å²) >= 11 is 0. The van der Waals surface area contributed by atoms with Gasteiger partial charge in [-0.3, -0.25) is 4.79 Å². The van der Waals surface area contributed by atoms with Crippen LogP contribution in [0, 0.1) is 5.92 Å². The molecule has 0 radical (unpaired) electrons. The minimum Gasteiger partial charge on any atom is -0.445 e. The number of amides is 2. The van der Waals surface area contributed by atoms with E-state index < -0.39 is 12.1 Å². The molecule has 23 heavy (non-hydrogen) atoms. The molecule has 2 rings (SSSR count). The summed E-state index contributed by atoms with van der Waals surface area (Å²) in [6, 6.07) is 8.94. The predicted octanol–water partition coefficient (Wildman–Crippen LogP) is 1.50. The minimum atomic E-state index is -0.487. The van der Waals surface area contributed by atoms with E-state index in [1.807, 2.05) is 44.2 Å². The number of benzene rings is 1. The number of hydrogen-bond donors (Lipinski definition) is 2. The number of ether oxygens (including phenoxy) is 1. The van der Waals surface area contributed by atoms with E-state index in [0.717, 1.165) is 12.0 Å². The molecule has 1 aliphatic heterocycles. The van der Waals surface area contributed by atoms with Gasteiger partial charge in [0.1, 0.15) is 6.61 Å². The third-order valence-corrected chi connectivity index (χ3v) is 4.04. The summed E-state index contributed by atoms with van der Waals surface area (Å²) in [6.07, 6.45) is 0.262. The summed E-state index contributed by atoms with van der Waals surface area (Å²) < 4.78 is 5.19. The van der Waals surface area contributed by atoms with Crippen molar-refractivity contribution in [1.29, 1.82) is 0 Å². The largest absolute Gasteiger partial charge is 0.445 e. The molecular formula is C17H25N3O3. The quantitative estimate of drug-likeness (QED) is 0.861. The first-order chi connectivity index (χ1) is 11.0. The van der Waals surface area contributed by atoms with Gasteiger partial charge < -0.3 is 20.7 Å². The van der Waals surface area contributed by atoms with Crippen molar-refractivity contribution in [3.8, 4) is 0 Å². The van der Waals surface area contributed by atoms with Gasteiger partial charge in [-0.2, -0.15) is 0 Å². The lowest BCUT2D eigenvalue weighted by Crippen LogP contribution is -2.47. The lowest BCUT2D eigenvalue weighted by molar-refractivity contribution is -0.132. The Kier molecular flexibility index (Phi) is 5.98. The van der Waals surface area contributed by atoms with Crippen molar-refractivity contribution in [2.24, 2.45) is 11.7 Å². The smallest absolute Gasteiger partial charge is 0.407 e. The molecule has 1 heterocycles. The van der Waals surface area contributed by atoms with Gasteiger partial charge in [0.05, 0.1) is 12.1 Å². The fourth-order valence-corrected chi connectivity index (χ4v) is 2.51. The molecular weight excluding hydrogens is 294 g/mol. The third kappa shape index (κ3) is 4.96. The summed E-state index contributed by atoms with van der Waals surface area (Å²) in [7, 11) is 0. The van der Waals surface area contributed by atoms with E-state index >= 15 is 0 Å². The van der Waals surface area contributed by atoms with Crippen LogP contribution in [0.5, 0.6) is 0 Å². The standard InChI is InChI=1S/C17H25N3O3/c1-12(2)15(18)16(21)20-9-8-14(10-20)19-17(22)23-11-13-6-4-3-5-7-13/h3-7,12,14-15H,8-11,18H2,1-2H3,(H,19,22)/t14?,15-/m0/s1. The molecule has 6 nitrogen and oxygen atoms in total. The molecule has 0 aromatic heterocycles. The highest BCUT2D eigenvalue weighted by Gasteiger charge is 2.31. The van der Waals surface area contributed by atoms with Gasteiger partial charge in [0, 0.05) is 13.1 Å². The van der Waals surface area contributed by atoms with Crippen LogP contribution in [0.15, 0.2) is 30.3 Å². The topological polar surface area (TPSA) is 84.7 Å². The van der Waals surface area contributed by atoms with E-state index in [9.17, 15) is 9.59 Å². The van der Waals surface area contributed by atoms with Crippen molar-refractivity contribution >= 4 is 12.0 Å². The van der Waals surface area contributed by atoms with Crippen molar-refractivity contribution in [3.63, 3.8) is 0 Å². The van der Waals surface area contributed by atoms with Gasteiger partial charge >= 0.3 is 6.09 Å². The van der Waals surface area contributed by atoms with E-state index in [1.54, 1.807) is 4.90 Å². The van der Waals surface area contributed by atoms with Crippen LogP contribution < -0.4 is 11.1 Å². The Morgan fingerprint density at radius 2 is 2.04 bits per heavy atom. The monoisotopic (exact) mass is 319 g/mol. The second-order valence-corrected chi connectivity index (χ2v) is 6.25. The molecule has 0 spiro atoms. The zero-order valence-corrected chi connectivity index (χ0v) is 13.7. The van der Waals surface area contributed by atoms with Crippen molar-refractivity contribution in [2.75, 3.05) is 13.1 Å². The zero-order valence-electron chi connectivity index (χ0n) is 13.7. The van der Waals surface area contributed by atoms with Gasteiger partial charge in [-0.15, -0.1) is 0 Å². The van der Waals surface area contributed by atoms with Gasteiger partial charge in [-0.05, 0) is 17.9 Å². The van der Waals surface area contributed by atoms with E-state index in [-0.39, 0.29) is 24.5 Å². The molecule has 0 bridgehead atoms. The summed E-state index contributed by atoms with van der Waals surface area (Å²) in [4.78, 5) is 25.7. The van der Waals surface area contributed by atoms with Crippen molar-refractivity contribution in [1.82, 2.24) is 10.2 Å². The molecule has 2 atom stereocenters. The molecule has 0 saturated carbocycles. The molecule has 1 aliphatic rings. The fourth-order valence-electron chi connectivity index (χ4n) is 2.51. The van der Waals surface area contributed by atoms with Crippen molar-refractivity contribution in [3.05, 3.63) is 35.9 Å². The van der Waals surface area contributed by atoms with Crippen LogP contribution in [-0.2, 0) is 16.1 Å². The second-order valence-electron chi connectivity index (χ2n) is 6.25. The number of likely N-dealkylation sites (tertiary alicyclic amines) is 1. The van der Waals surface area contributed by atoms with Gasteiger partial charge in [0.2, 0.25) is 5.91 Å². The number of alkyl carbamates (subject to hydrolysis) is 1. The molecule has 2 amide bonds. The highest BCUT2D eigenvalue weighted by molar-refractivity contribution is 5.82. The highest BCUT2D eigenvalue weighted by atomic mass is 16.5. The van der Waals surface area contributed by atoms with E-state index in [4.69, 9.17) is 10.5 Å². The minimum absolute atomic E-state index is 0.0537. The molecule has 1 unspecified atom stereocenters. The van der Waals surface area contributed by atoms with Crippen molar-refractivity contribution < 1.29 is 14.3 Å². The van der Waals surface area contributed by atoms with Gasteiger partial charge in [0.15, 0.2) is 0 Å². The van der Waals surface area contributed by atoms with E-state index in [0.29, 0.717) is 13.1 Å². The van der Waals surface area contributed by atoms with Crippen LogP contribution in [0.4, 0.5) is 4.79 Å². The molecule has 3 N–H and O–H groups in total. The number of nitrogens with two attached hydrogens (primary N) is 1.